The molecule has 0 amide bonds. The average molecular weight is 328 g/mol. The molecule has 0 radical (unpaired) electrons. The predicted molar refractivity (Wildman–Crippen MR) is 63.4 cm³/mol. The summed E-state index contributed by atoms with van der Waals surface area (Å²) in [5.41, 5.74) is -3.58. The monoisotopic (exact) mass is 328 g/mol. The summed E-state index contributed by atoms with van der Waals surface area (Å²) in [6, 6.07) is 0. The Bertz CT molecular complexity index is 400. The fourth-order valence-corrected chi connectivity index (χ4v) is 1.83. The van der Waals surface area contributed by atoms with E-state index in [-0.39, 0.29) is 0 Å². The van der Waals surface area contributed by atoms with E-state index < -0.39 is 67.9 Å². The normalized spacial score (nSPS) is 32.7. The summed E-state index contributed by atoms with van der Waals surface area (Å²) in [6.45, 7) is -1.47. The molecule has 1 rings (SSSR count). The van der Waals surface area contributed by atoms with Gasteiger partial charge in [-0.15, -0.1) is 0 Å². The molecule has 1 saturated heterocycles. The van der Waals surface area contributed by atoms with E-state index in [2.05, 4.69) is 0 Å². The lowest BCUT2D eigenvalue weighted by Gasteiger charge is -2.39. The van der Waals surface area contributed by atoms with Crippen molar-refractivity contribution in [3.8, 4) is 0 Å². The summed E-state index contributed by atoms with van der Waals surface area (Å²) in [5.74, 6) is -4.42. The fraction of sp³-hybridized carbons (Fsp3) is 0.818. The third kappa shape index (κ3) is 3.69. The van der Waals surface area contributed by atoms with Gasteiger partial charge in [-0.3, -0.25) is 0 Å². The van der Waals surface area contributed by atoms with Gasteiger partial charge in [0.15, 0.2) is 6.29 Å². The average Bonchev–Trinajstić information content (AvgIpc) is 2.46. The van der Waals surface area contributed by atoms with Crippen LogP contribution in [0.3, 0.4) is 0 Å². The lowest BCUT2D eigenvalue weighted by Crippen LogP contribution is -2.59. The van der Waals surface area contributed by atoms with Crippen LogP contribution in [0.4, 0.5) is 4.39 Å². The zero-order valence-corrected chi connectivity index (χ0v) is 11.2. The Morgan fingerprint density at radius 3 is 2.09 bits per heavy atom. The smallest absolute Gasteiger partial charge is 0.353 e. The van der Waals surface area contributed by atoms with Crippen molar-refractivity contribution in [1.29, 1.82) is 0 Å². The van der Waals surface area contributed by atoms with Crippen LogP contribution in [0.1, 0.15) is 6.42 Å². The number of aliphatic carboxylic acids is 2. The largest absolute Gasteiger partial charge is 0.478 e. The Labute approximate surface area is 123 Å². The highest BCUT2D eigenvalue weighted by Gasteiger charge is 2.48. The molecular weight excluding hydrogens is 311 g/mol. The van der Waals surface area contributed by atoms with Crippen LogP contribution in [0.25, 0.3) is 0 Å². The van der Waals surface area contributed by atoms with Crippen molar-refractivity contribution in [1.82, 2.24) is 0 Å². The van der Waals surface area contributed by atoms with Crippen LogP contribution in [-0.4, -0.2) is 92.2 Å². The molecule has 0 aromatic rings. The third-order valence-corrected chi connectivity index (χ3v) is 3.26. The molecule has 1 heterocycles. The van der Waals surface area contributed by atoms with Gasteiger partial charge >= 0.3 is 17.6 Å². The van der Waals surface area contributed by atoms with Gasteiger partial charge in [0.1, 0.15) is 24.4 Å². The number of halogens is 1. The quantitative estimate of drug-likeness (QED) is 0.265. The summed E-state index contributed by atoms with van der Waals surface area (Å²) in [5, 5.41) is 54.6. The van der Waals surface area contributed by atoms with Gasteiger partial charge in [0.25, 0.3) is 0 Å². The number of aliphatic hydroxyl groups is 4. The van der Waals surface area contributed by atoms with E-state index in [1.165, 1.54) is 0 Å². The van der Waals surface area contributed by atoms with Gasteiger partial charge in [0, 0.05) is 6.42 Å². The van der Waals surface area contributed by atoms with Gasteiger partial charge in [-0.25, -0.2) is 14.0 Å². The van der Waals surface area contributed by atoms with Crippen LogP contribution >= 0.6 is 0 Å². The summed E-state index contributed by atoms with van der Waals surface area (Å²) < 4.78 is 23.4. The molecule has 11 heteroatoms. The van der Waals surface area contributed by atoms with Crippen LogP contribution in [0, 0.1) is 0 Å². The van der Waals surface area contributed by atoms with Crippen molar-refractivity contribution in [2.24, 2.45) is 0 Å². The zero-order valence-electron chi connectivity index (χ0n) is 11.2. The Kier molecular flexibility index (Phi) is 6.17. The minimum atomic E-state index is -3.58. The second-order valence-electron chi connectivity index (χ2n) is 4.73. The molecule has 0 aliphatic carbocycles. The van der Waals surface area contributed by atoms with Gasteiger partial charge in [-0.2, -0.15) is 0 Å². The number of hydrogen-bond acceptors (Lipinski definition) is 8. The van der Waals surface area contributed by atoms with E-state index >= 15 is 0 Å². The van der Waals surface area contributed by atoms with Crippen molar-refractivity contribution >= 4 is 11.9 Å². The van der Waals surface area contributed by atoms with Crippen LogP contribution in [0.5, 0.6) is 0 Å². The molecule has 10 nitrogen and oxygen atoms in total. The molecule has 1 unspecified atom stereocenters. The second kappa shape index (κ2) is 7.26. The lowest BCUT2D eigenvalue weighted by molar-refractivity contribution is -0.302. The number of ether oxygens (including phenoxy) is 2. The summed E-state index contributed by atoms with van der Waals surface area (Å²) >= 11 is 0. The maximum atomic E-state index is 13.7. The van der Waals surface area contributed by atoms with E-state index in [9.17, 15) is 29.3 Å². The molecule has 0 spiro atoms. The zero-order chi connectivity index (χ0) is 17.1. The van der Waals surface area contributed by atoms with Gasteiger partial charge in [0.2, 0.25) is 0 Å². The number of carbonyl (C=O) groups is 2. The van der Waals surface area contributed by atoms with Crippen LogP contribution in [0.2, 0.25) is 0 Å². The number of alkyl halides is 1. The van der Waals surface area contributed by atoms with Gasteiger partial charge in [0.05, 0.1) is 13.2 Å². The summed E-state index contributed by atoms with van der Waals surface area (Å²) in [4.78, 5) is 21.2. The number of aliphatic hydroxyl groups excluding tert-OH is 4. The molecule has 0 aromatic heterocycles. The standard InChI is InChI=1S/C11H17FO10/c12-11(9(17)18,10(19)20)1-2-21-8-7(16)6(15)5(14)4(3-13)22-8/h4-8,13-16H,1-3H2,(H,17,18)(H,19,20)/t4-,5-,6+,7-,8?/m1/s1. The highest BCUT2D eigenvalue weighted by molar-refractivity contribution is 6.01. The van der Waals surface area contributed by atoms with Crippen molar-refractivity contribution in [3.05, 3.63) is 0 Å². The van der Waals surface area contributed by atoms with Crippen LogP contribution < -0.4 is 0 Å². The highest BCUT2D eigenvalue weighted by atomic mass is 19.1. The van der Waals surface area contributed by atoms with E-state index in [0.717, 1.165) is 0 Å². The van der Waals surface area contributed by atoms with Gasteiger partial charge in [-0.05, 0) is 0 Å². The van der Waals surface area contributed by atoms with Crippen molar-refractivity contribution in [3.63, 3.8) is 0 Å². The van der Waals surface area contributed by atoms with Crippen LogP contribution in [0.15, 0.2) is 0 Å². The molecule has 128 valence electrons. The van der Waals surface area contributed by atoms with Crippen molar-refractivity contribution in [2.45, 2.75) is 42.8 Å². The lowest BCUT2D eigenvalue weighted by atomic mass is 9.99. The Morgan fingerprint density at radius 1 is 1.09 bits per heavy atom. The van der Waals surface area contributed by atoms with Crippen molar-refractivity contribution in [2.75, 3.05) is 13.2 Å². The number of rotatable bonds is 7. The molecule has 0 aromatic carbocycles. The predicted octanol–water partition coefficient (Wildman–Crippen LogP) is -2.93. The topological polar surface area (TPSA) is 174 Å². The van der Waals surface area contributed by atoms with Gasteiger partial charge < -0.3 is 40.1 Å². The van der Waals surface area contributed by atoms with E-state index in [1.807, 2.05) is 0 Å². The minimum Gasteiger partial charge on any atom is -0.478 e. The summed E-state index contributed by atoms with van der Waals surface area (Å²) in [7, 11) is 0. The Morgan fingerprint density at radius 2 is 1.64 bits per heavy atom. The van der Waals surface area contributed by atoms with E-state index in [1.54, 1.807) is 0 Å². The maximum absolute atomic E-state index is 13.7. The molecule has 0 bridgehead atoms. The molecule has 0 saturated carbocycles. The molecule has 5 atom stereocenters. The first kappa shape index (κ1) is 18.7. The first-order valence-electron chi connectivity index (χ1n) is 6.23. The first-order valence-corrected chi connectivity index (χ1v) is 6.23. The summed E-state index contributed by atoms with van der Waals surface area (Å²) in [6.07, 6.45) is -9.00. The van der Waals surface area contributed by atoms with E-state index in [0.29, 0.717) is 0 Å². The Balaban J connectivity index is 2.63. The van der Waals surface area contributed by atoms with Gasteiger partial charge in [-0.1, -0.05) is 0 Å². The van der Waals surface area contributed by atoms with E-state index in [4.69, 9.17) is 24.8 Å². The van der Waals surface area contributed by atoms with Crippen molar-refractivity contribution < 1.29 is 54.1 Å². The second-order valence-corrected chi connectivity index (χ2v) is 4.73. The molecule has 1 aliphatic rings. The molecule has 6 N–H and O–H groups in total. The molecule has 22 heavy (non-hydrogen) atoms. The number of carboxylic acids is 2. The first-order chi connectivity index (χ1) is 10.1. The third-order valence-electron chi connectivity index (χ3n) is 3.26. The SMILES string of the molecule is O=C(O)C(F)(CCOC1O[C@H](CO)[C@@H](O)[C@H](O)[C@H]1O)C(=O)O. The fourth-order valence-electron chi connectivity index (χ4n) is 1.83. The molecule has 1 fully saturated rings. The minimum absolute atomic E-state index is 0.706. The highest BCUT2D eigenvalue weighted by Crippen LogP contribution is 2.23. The number of carboxylic acid groups (broad SMARTS) is 2. The maximum Gasteiger partial charge on any atom is 0.353 e. The molecule has 1 aliphatic heterocycles. The number of hydrogen-bond donors (Lipinski definition) is 6. The molecular formula is C11H17FO10. The Hall–Kier alpha value is -1.37. The van der Waals surface area contributed by atoms with Crippen LogP contribution in [-0.2, 0) is 19.1 Å².